The molecule has 2 aliphatic rings. The Hall–Kier alpha value is -3.52. The van der Waals surface area contributed by atoms with Gasteiger partial charge in [0.2, 0.25) is 0 Å². The second-order valence-electron chi connectivity index (χ2n) is 8.77. The van der Waals surface area contributed by atoms with E-state index in [0.29, 0.717) is 18.7 Å². The lowest BCUT2D eigenvalue weighted by Crippen LogP contribution is -2.51. The summed E-state index contributed by atoms with van der Waals surface area (Å²) in [7, 11) is -2.90. The summed E-state index contributed by atoms with van der Waals surface area (Å²) in [6.45, 7) is 2.97. The number of nitrogens with zero attached hydrogens (tertiary/aromatic N) is 3. The van der Waals surface area contributed by atoms with Crippen LogP contribution in [0.3, 0.4) is 0 Å². The van der Waals surface area contributed by atoms with Crippen molar-refractivity contribution in [3.63, 3.8) is 0 Å². The van der Waals surface area contributed by atoms with Crippen molar-refractivity contribution in [2.75, 3.05) is 29.8 Å². The molecule has 2 aliphatic heterocycles. The number of carbonyl (C=O) groups excluding carboxylic acids is 1. The molecule has 4 N–H and O–H groups in total. The van der Waals surface area contributed by atoms with Crippen LogP contribution in [0.15, 0.2) is 23.1 Å². The lowest BCUT2D eigenvalue weighted by molar-refractivity contribution is -0.136. The van der Waals surface area contributed by atoms with Crippen LogP contribution in [0.25, 0.3) is 0 Å². The molecule has 2 amide bonds. The van der Waals surface area contributed by atoms with Crippen LogP contribution in [0.4, 0.5) is 16.2 Å². The molecule has 1 aromatic carbocycles. The Morgan fingerprint density at radius 2 is 2.09 bits per heavy atom. The van der Waals surface area contributed by atoms with Crippen LogP contribution < -0.4 is 24.4 Å². The fraction of sp³-hybridized carbons (Fsp3) is 0.476. The van der Waals surface area contributed by atoms with Crippen molar-refractivity contribution in [2.45, 2.75) is 49.8 Å². The molecule has 1 unspecified atom stereocenters. The van der Waals surface area contributed by atoms with E-state index in [1.807, 2.05) is 0 Å². The molecule has 14 heteroatoms. The van der Waals surface area contributed by atoms with E-state index < -0.39 is 33.7 Å². The molecule has 2 aromatic rings. The van der Waals surface area contributed by atoms with E-state index in [2.05, 4.69) is 15.7 Å². The monoisotopic (exact) mass is 509 g/mol. The van der Waals surface area contributed by atoms with Gasteiger partial charge in [-0.15, -0.1) is 5.10 Å². The van der Waals surface area contributed by atoms with Crippen molar-refractivity contribution in [3.05, 3.63) is 23.9 Å². The second kappa shape index (κ2) is 8.92. The highest BCUT2D eigenvalue weighted by atomic mass is 32.2. The van der Waals surface area contributed by atoms with Crippen LogP contribution in [0.1, 0.15) is 26.0 Å². The molecule has 35 heavy (non-hydrogen) atoms. The Balaban J connectivity index is 1.75. The van der Waals surface area contributed by atoms with Gasteiger partial charge in [-0.25, -0.2) is 13.2 Å². The zero-order valence-electron chi connectivity index (χ0n) is 19.4. The van der Waals surface area contributed by atoms with Crippen LogP contribution in [-0.2, 0) is 27.8 Å². The van der Waals surface area contributed by atoms with Gasteiger partial charge in [-0.05, 0) is 44.9 Å². The van der Waals surface area contributed by atoms with Gasteiger partial charge in [0.05, 0.1) is 31.6 Å². The number of carbonyl (C=O) groups is 2. The van der Waals surface area contributed by atoms with Gasteiger partial charge in [0.15, 0.2) is 4.90 Å². The van der Waals surface area contributed by atoms with E-state index in [9.17, 15) is 23.1 Å². The normalized spacial score (nSPS) is 17.3. The summed E-state index contributed by atoms with van der Waals surface area (Å²) in [6, 6.07) is 4.25. The average Bonchev–Trinajstić information content (AvgIpc) is 3.36. The van der Waals surface area contributed by atoms with E-state index in [1.165, 1.54) is 39.2 Å². The summed E-state index contributed by atoms with van der Waals surface area (Å²) < 4.78 is 41.9. The Morgan fingerprint density at radius 1 is 1.34 bits per heavy atom. The van der Waals surface area contributed by atoms with Crippen LogP contribution in [-0.4, -0.2) is 72.3 Å². The highest BCUT2D eigenvalue weighted by Crippen LogP contribution is 2.42. The highest BCUT2D eigenvalue weighted by Gasteiger charge is 2.41. The van der Waals surface area contributed by atoms with Gasteiger partial charge in [0.1, 0.15) is 17.5 Å². The van der Waals surface area contributed by atoms with Crippen molar-refractivity contribution in [3.8, 4) is 11.6 Å². The zero-order chi connectivity index (χ0) is 25.5. The van der Waals surface area contributed by atoms with Gasteiger partial charge in [-0.1, -0.05) is 0 Å². The molecule has 0 aliphatic carbocycles. The molecule has 1 aromatic heterocycles. The molecule has 0 bridgehead atoms. The first-order valence-corrected chi connectivity index (χ1v) is 12.3. The summed E-state index contributed by atoms with van der Waals surface area (Å²) in [5, 5.41) is 28.0. The summed E-state index contributed by atoms with van der Waals surface area (Å²) in [5.74, 6) is -0.487. The third-order valence-electron chi connectivity index (χ3n) is 5.69. The van der Waals surface area contributed by atoms with Gasteiger partial charge in [-0.3, -0.25) is 19.1 Å². The summed E-state index contributed by atoms with van der Waals surface area (Å²) in [5.41, 5.74) is -0.814. The minimum Gasteiger partial charge on any atom is -0.484 e. The molecule has 0 radical (unpaired) electrons. The second-order valence-corrected chi connectivity index (χ2v) is 10.6. The van der Waals surface area contributed by atoms with E-state index in [4.69, 9.17) is 14.6 Å². The number of benzene rings is 1. The number of aryl methyl sites for hydroxylation is 1. The molecule has 3 heterocycles. The van der Waals surface area contributed by atoms with Crippen molar-refractivity contribution < 1.29 is 37.7 Å². The van der Waals surface area contributed by atoms with E-state index in [1.54, 1.807) is 4.68 Å². The predicted molar refractivity (Wildman–Crippen MR) is 123 cm³/mol. The number of anilines is 2. The van der Waals surface area contributed by atoms with E-state index in [0.717, 1.165) is 10.7 Å². The number of methoxy groups -OCH3 is 1. The van der Waals surface area contributed by atoms with Crippen molar-refractivity contribution >= 4 is 33.4 Å². The Labute approximate surface area is 201 Å². The first-order chi connectivity index (χ1) is 16.4. The maximum atomic E-state index is 14.0. The third kappa shape index (κ3) is 4.71. The molecule has 0 fully saturated rings. The standard InChI is InChI=1S/C21H27N5O8S/c1-21(2,30)19(27)22-10-13-11-26(15-9-12(23-20(28)29)6-7-16(15)34-13)35(31,32)17-14-5-4-8-25(14)24-18(17)33-3/h6-7,9,13,23,30H,4-5,8,10-11H2,1-3H3,(H,22,27)(H,28,29). The van der Waals surface area contributed by atoms with Crippen molar-refractivity contribution in [1.82, 2.24) is 15.1 Å². The first kappa shape index (κ1) is 24.6. The number of carboxylic acid groups (broad SMARTS) is 1. The summed E-state index contributed by atoms with van der Waals surface area (Å²) in [6.07, 6.45) is -0.850. The first-order valence-electron chi connectivity index (χ1n) is 10.9. The zero-order valence-corrected chi connectivity index (χ0v) is 20.3. The number of nitrogens with one attached hydrogen (secondary N) is 2. The molecule has 0 saturated heterocycles. The number of ether oxygens (including phenoxy) is 2. The number of aliphatic hydroxyl groups is 1. The number of hydrogen-bond donors (Lipinski definition) is 4. The maximum Gasteiger partial charge on any atom is 0.409 e. The minimum atomic E-state index is -4.24. The summed E-state index contributed by atoms with van der Waals surface area (Å²) >= 11 is 0. The molecule has 4 rings (SSSR count). The van der Waals surface area contributed by atoms with Gasteiger partial charge >= 0.3 is 6.09 Å². The largest absolute Gasteiger partial charge is 0.484 e. The lowest BCUT2D eigenvalue weighted by atomic mass is 10.1. The number of fused-ring (bicyclic) bond motifs is 2. The number of sulfonamides is 1. The fourth-order valence-electron chi connectivity index (χ4n) is 4.05. The molecular formula is C21H27N5O8S. The summed E-state index contributed by atoms with van der Waals surface area (Å²) in [4.78, 5) is 23.2. The van der Waals surface area contributed by atoms with E-state index in [-0.39, 0.29) is 41.0 Å². The van der Waals surface area contributed by atoms with Crippen LogP contribution in [0.5, 0.6) is 11.6 Å². The van der Waals surface area contributed by atoms with Gasteiger partial charge < -0.3 is 25.0 Å². The van der Waals surface area contributed by atoms with Gasteiger partial charge in [0, 0.05) is 12.2 Å². The SMILES string of the molecule is COc1nn2c(c1S(=O)(=O)N1CC(CNC(=O)C(C)(C)O)Oc3ccc(NC(=O)O)cc31)CCC2. The minimum absolute atomic E-state index is 0.0283. The quantitative estimate of drug-likeness (QED) is 0.420. The number of rotatable bonds is 7. The van der Waals surface area contributed by atoms with Gasteiger partial charge in [0.25, 0.3) is 21.8 Å². The highest BCUT2D eigenvalue weighted by molar-refractivity contribution is 7.93. The smallest absolute Gasteiger partial charge is 0.409 e. The van der Waals surface area contributed by atoms with E-state index >= 15 is 0 Å². The molecule has 13 nitrogen and oxygen atoms in total. The number of hydrogen-bond acceptors (Lipinski definition) is 8. The number of aromatic nitrogens is 2. The van der Waals surface area contributed by atoms with Crippen LogP contribution in [0.2, 0.25) is 0 Å². The Morgan fingerprint density at radius 3 is 2.74 bits per heavy atom. The molecule has 0 spiro atoms. The Bertz CT molecular complexity index is 1270. The number of amides is 2. The van der Waals surface area contributed by atoms with Crippen molar-refractivity contribution in [2.24, 2.45) is 0 Å². The lowest BCUT2D eigenvalue weighted by Gasteiger charge is -2.36. The Kier molecular flexibility index (Phi) is 6.27. The molecule has 1 atom stereocenters. The topological polar surface area (TPSA) is 172 Å². The predicted octanol–water partition coefficient (Wildman–Crippen LogP) is 0.771. The van der Waals surface area contributed by atoms with Gasteiger partial charge in [-0.2, -0.15) is 0 Å². The molecule has 190 valence electrons. The molecular weight excluding hydrogens is 482 g/mol. The maximum absolute atomic E-state index is 14.0. The third-order valence-corrected chi connectivity index (χ3v) is 7.54. The van der Waals surface area contributed by atoms with Crippen LogP contribution in [0, 0.1) is 0 Å². The van der Waals surface area contributed by atoms with Crippen molar-refractivity contribution in [1.29, 1.82) is 0 Å². The van der Waals surface area contributed by atoms with Crippen LogP contribution >= 0.6 is 0 Å². The molecule has 0 saturated carbocycles. The average molecular weight is 510 g/mol. The fourth-order valence-corrected chi connectivity index (χ4v) is 5.89.